The molecule has 5 heteroatoms. The summed E-state index contributed by atoms with van der Waals surface area (Å²) in [6, 6.07) is -0.576. The van der Waals surface area contributed by atoms with Gasteiger partial charge in [-0.2, -0.15) is 0 Å². The van der Waals surface area contributed by atoms with Crippen molar-refractivity contribution in [3.05, 3.63) is 4.91 Å². The van der Waals surface area contributed by atoms with E-state index < -0.39 is 18.2 Å². The van der Waals surface area contributed by atoms with Gasteiger partial charge in [-0.1, -0.05) is 20.3 Å². The second-order valence-corrected chi connectivity index (χ2v) is 3.60. The van der Waals surface area contributed by atoms with Gasteiger partial charge in [-0.15, -0.1) is 4.91 Å². The number of nitroso groups, excluding NO2 is 1. The minimum atomic E-state index is -0.729. The summed E-state index contributed by atoms with van der Waals surface area (Å²) >= 11 is 0. The predicted molar refractivity (Wildman–Crippen MR) is 58.2 cm³/mol. The maximum Gasteiger partial charge on any atom is 0.303 e. The summed E-state index contributed by atoms with van der Waals surface area (Å²) in [6.07, 6.45) is 1.41. The number of hydrogen-bond acceptors (Lipinski definition) is 4. The van der Waals surface area contributed by atoms with Gasteiger partial charge in [0.1, 0.15) is 6.23 Å². The van der Waals surface area contributed by atoms with Gasteiger partial charge in [0, 0.05) is 11.7 Å². The zero-order chi connectivity index (χ0) is 11.8. The summed E-state index contributed by atoms with van der Waals surface area (Å²) in [7, 11) is 0. The summed E-state index contributed by atoms with van der Waals surface area (Å²) in [5, 5.41) is 12.0. The number of aliphatic hydroxyl groups excluding tert-OH is 1. The summed E-state index contributed by atoms with van der Waals surface area (Å²) in [6.45, 7) is 6.06. The number of carbonyl (C=O) groups is 1. The van der Waals surface area contributed by atoms with Crippen LogP contribution in [0, 0.1) is 4.91 Å². The molecule has 0 saturated carbocycles. The minimum Gasteiger partial charge on any atom is -0.379 e. The number of nitrogens with zero attached hydrogens (tertiary/aromatic N) is 2. The van der Waals surface area contributed by atoms with Crippen LogP contribution in [0.1, 0.15) is 40.0 Å². The molecule has 0 aliphatic carbocycles. The standard InChI is InChI=1S/C10H20N2O3/c1-4-6-9(10(14)11-15)12(7-5-2)8(3)13/h8-9,13H,4-7H2,1-3H3. The average molecular weight is 216 g/mol. The van der Waals surface area contributed by atoms with Crippen molar-refractivity contribution >= 4 is 5.91 Å². The average Bonchev–Trinajstić information content (AvgIpc) is 2.21. The van der Waals surface area contributed by atoms with E-state index in [0.717, 1.165) is 12.8 Å². The maximum absolute atomic E-state index is 11.3. The van der Waals surface area contributed by atoms with Gasteiger partial charge in [0.2, 0.25) is 0 Å². The Bertz CT molecular complexity index is 207. The molecule has 15 heavy (non-hydrogen) atoms. The van der Waals surface area contributed by atoms with Crippen LogP contribution in [0.4, 0.5) is 0 Å². The van der Waals surface area contributed by atoms with Gasteiger partial charge < -0.3 is 5.11 Å². The van der Waals surface area contributed by atoms with Crippen molar-refractivity contribution in [1.82, 2.24) is 4.90 Å². The molecule has 0 heterocycles. The van der Waals surface area contributed by atoms with Crippen LogP contribution in [0.5, 0.6) is 0 Å². The molecule has 0 saturated heterocycles. The first-order chi connectivity index (χ1) is 7.08. The summed E-state index contributed by atoms with van der Waals surface area (Å²) < 4.78 is 0. The molecule has 1 amide bonds. The lowest BCUT2D eigenvalue weighted by molar-refractivity contribution is -0.128. The van der Waals surface area contributed by atoms with E-state index in [0.29, 0.717) is 13.0 Å². The summed E-state index contributed by atoms with van der Waals surface area (Å²) in [4.78, 5) is 23.2. The van der Waals surface area contributed by atoms with Gasteiger partial charge in [0.25, 0.3) is 0 Å². The van der Waals surface area contributed by atoms with Crippen molar-refractivity contribution < 1.29 is 9.90 Å². The van der Waals surface area contributed by atoms with Gasteiger partial charge in [-0.25, -0.2) is 0 Å². The second kappa shape index (κ2) is 7.48. The molecular formula is C10H20N2O3. The lowest BCUT2D eigenvalue weighted by atomic mass is 10.1. The quantitative estimate of drug-likeness (QED) is 0.517. The maximum atomic E-state index is 11.3. The van der Waals surface area contributed by atoms with Gasteiger partial charge in [0.05, 0.1) is 6.04 Å². The Morgan fingerprint density at radius 3 is 2.33 bits per heavy atom. The molecule has 0 rings (SSSR count). The largest absolute Gasteiger partial charge is 0.379 e. The van der Waals surface area contributed by atoms with Crippen LogP contribution in [-0.4, -0.2) is 34.7 Å². The molecule has 0 aliphatic heterocycles. The minimum absolute atomic E-state index is 0.551. The predicted octanol–water partition coefficient (Wildman–Crippen LogP) is 1.50. The molecule has 0 aliphatic rings. The normalized spacial score (nSPS) is 15.0. The molecule has 2 unspecified atom stereocenters. The van der Waals surface area contributed by atoms with Crippen molar-refractivity contribution in [3.8, 4) is 0 Å². The van der Waals surface area contributed by atoms with Crippen LogP contribution in [0.2, 0.25) is 0 Å². The van der Waals surface area contributed by atoms with E-state index in [4.69, 9.17) is 0 Å². The van der Waals surface area contributed by atoms with E-state index in [-0.39, 0.29) is 0 Å². The lowest BCUT2D eigenvalue weighted by Crippen LogP contribution is -2.46. The van der Waals surface area contributed by atoms with Crippen LogP contribution in [0.25, 0.3) is 0 Å². The van der Waals surface area contributed by atoms with Crippen molar-refractivity contribution in [1.29, 1.82) is 0 Å². The molecule has 0 aromatic rings. The fraction of sp³-hybridized carbons (Fsp3) is 0.900. The van der Waals surface area contributed by atoms with Crippen molar-refractivity contribution in [2.75, 3.05) is 6.54 Å². The molecule has 0 aromatic carbocycles. The van der Waals surface area contributed by atoms with E-state index in [1.807, 2.05) is 13.8 Å². The number of aliphatic hydroxyl groups is 1. The number of amides is 1. The van der Waals surface area contributed by atoms with E-state index in [1.165, 1.54) is 0 Å². The first kappa shape index (κ1) is 14.2. The molecular weight excluding hydrogens is 196 g/mol. The highest BCUT2D eigenvalue weighted by Gasteiger charge is 2.27. The molecule has 0 aromatic heterocycles. The van der Waals surface area contributed by atoms with Crippen LogP contribution >= 0.6 is 0 Å². The molecule has 1 N–H and O–H groups in total. The Labute approximate surface area is 90.4 Å². The van der Waals surface area contributed by atoms with Crippen molar-refractivity contribution in [3.63, 3.8) is 0 Å². The monoisotopic (exact) mass is 216 g/mol. The first-order valence-corrected chi connectivity index (χ1v) is 5.39. The Balaban J connectivity index is 4.65. The topological polar surface area (TPSA) is 70.0 Å². The fourth-order valence-electron chi connectivity index (χ4n) is 1.63. The molecule has 88 valence electrons. The molecule has 2 atom stereocenters. The van der Waals surface area contributed by atoms with E-state index in [1.54, 1.807) is 11.8 Å². The highest BCUT2D eigenvalue weighted by atomic mass is 16.3. The highest BCUT2D eigenvalue weighted by Crippen LogP contribution is 2.12. The second-order valence-electron chi connectivity index (χ2n) is 3.60. The first-order valence-electron chi connectivity index (χ1n) is 5.39. The third kappa shape index (κ3) is 4.48. The molecule has 5 nitrogen and oxygen atoms in total. The van der Waals surface area contributed by atoms with E-state index in [2.05, 4.69) is 5.18 Å². The smallest absolute Gasteiger partial charge is 0.303 e. The van der Waals surface area contributed by atoms with Crippen LogP contribution < -0.4 is 0 Å². The molecule has 0 bridgehead atoms. The van der Waals surface area contributed by atoms with Crippen LogP contribution in [0.3, 0.4) is 0 Å². The molecule has 0 fully saturated rings. The lowest BCUT2D eigenvalue weighted by Gasteiger charge is -2.30. The van der Waals surface area contributed by atoms with Crippen LogP contribution in [-0.2, 0) is 4.79 Å². The van der Waals surface area contributed by atoms with Gasteiger partial charge in [0.15, 0.2) is 0 Å². The van der Waals surface area contributed by atoms with Crippen molar-refractivity contribution in [2.24, 2.45) is 5.18 Å². The summed E-state index contributed by atoms with van der Waals surface area (Å²) in [5.41, 5.74) is 0. The Kier molecular flexibility index (Phi) is 7.07. The number of hydrogen-bond donors (Lipinski definition) is 1. The van der Waals surface area contributed by atoms with Crippen LogP contribution in [0.15, 0.2) is 5.18 Å². The van der Waals surface area contributed by atoms with Gasteiger partial charge in [-0.05, 0) is 19.8 Å². The van der Waals surface area contributed by atoms with Gasteiger partial charge >= 0.3 is 5.91 Å². The SMILES string of the molecule is CCCC(C(=O)N=O)N(CCC)C(C)O. The van der Waals surface area contributed by atoms with E-state index in [9.17, 15) is 14.8 Å². The summed E-state index contributed by atoms with van der Waals surface area (Å²) in [5.74, 6) is -0.689. The number of rotatable bonds is 7. The zero-order valence-corrected chi connectivity index (χ0v) is 9.64. The third-order valence-corrected chi connectivity index (χ3v) is 2.30. The van der Waals surface area contributed by atoms with E-state index >= 15 is 0 Å². The highest BCUT2D eigenvalue weighted by molar-refractivity contribution is 5.82. The Morgan fingerprint density at radius 1 is 1.40 bits per heavy atom. The molecule has 0 spiro atoms. The Hall–Kier alpha value is -0.810. The van der Waals surface area contributed by atoms with Crippen molar-refractivity contribution in [2.45, 2.75) is 52.3 Å². The molecule has 0 radical (unpaired) electrons. The zero-order valence-electron chi connectivity index (χ0n) is 9.64. The number of carbonyl (C=O) groups excluding carboxylic acids is 1. The third-order valence-electron chi connectivity index (χ3n) is 2.30. The van der Waals surface area contributed by atoms with Gasteiger partial charge in [-0.3, -0.25) is 9.69 Å². The Morgan fingerprint density at radius 2 is 2.00 bits per heavy atom. The fourth-order valence-corrected chi connectivity index (χ4v) is 1.63.